The molecule has 0 saturated carbocycles. The van der Waals surface area contributed by atoms with Crippen LogP contribution >= 0.6 is 0 Å². The van der Waals surface area contributed by atoms with Crippen LogP contribution < -0.4 is 10.5 Å². The summed E-state index contributed by atoms with van der Waals surface area (Å²) in [4.78, 5) is 11.3. The van der Waals surface area contributed by atoms with Gasteiger partial charge in [0.1, 0.15) is 23.7 Å². The third-order valence-electron chi connectivity index (χ3n) is 2.32. The summed E-state index contributed by atoms with van der Waals surface area (Å²) in [7, 11) is 1.26. The number of rotatable bonds is 4. The molecule has 0 amide bonds. The Balaban J connectivity index is 2.70. The van der Waals surface area contributed by atoms with Crippen LogP contribution in [0.5, 0.6) is 5.75 Å². The van der Waals surface area contributed by atoms with Gasteiger partial charge in [-0.1, -0.05) is 0 Å². The van der Waals surface area contributed by atoms with Gasteiger partial charge < -0.3 is 15.2 Å². The molecule has 0 aliphatic heterocycles. The highest BCUT2D eigenvalue weighted by Crippen LogP contribution is 2.19. The summed E-state index contributed by atoms with van der Waals surface area (Å²) >= 11 is 0. The Hall–Kier alpha value is -1.62. The molecule has 0 heterocycles. The summed E-state index contributed by atoms with van der Waals surface area (Å²) in [5.41, 5.74) is 5.14. The van der Waals surface area contributed by atoms with Gasteiger partial charge in [0.25, 0.3) is 0 Å². The number of nitrogens with two attached hydrogens (primary N) is 1. The SMILES string of the molecule is COC(=O)C(C)(N)COc1ccc(F)cc1C. The van der Waals surface area contributed by atoms with Crippen molar-refractivity contribution in [1.29, 1.82) is 0 Å². The van der Waals surface area contributed by atoms with Gasteiger partial charge in [0.05, 0.1) is 7.11 Å². The number of carbonyl (C=O) groups is 1. The van der Waals surface area contributed by atoms with Crippen LogP contribution in [0.2, 0.25) is 0 Å². The van der Waals surface area contributed by atoms with Crippen LogP contribution in [0.15, 0.2) is 18.2 Å². The molecule has 0 spiro atoms. The molecular weight excluding hydrogens is 225 g/mol. The summed E-state index contributed by atoms with van der Waals surface area (Å²) in [6.07, 6.45) is 0. The Labute approximate surface area is 99.5 Å². The molecule has 0 aliphatic carbocycles. The first-order valence-corrected chi connectivity index (χ1v) is 5.13. The smallest absolute Gasteiger partial charge is 0.329 e. The van der Waals surface area contributed by atoms with Crippen molar-refractivity contribution in [3.63, 3.8) is 0 Å². The molecule has 1 atom stereocenters. The molecule has 0 aliphatic rings. The van der Waals surface area contributed by atoms with Crippen molar-refractivity contribution in [3.8, 4) is 5.75 Å². The fraction of sp³-hybridized carbons (Fsp3) is 0.417. The summed E-state index contributed by atoms with van der Waals surface area (Å²) in [6, 6.07) is 4.13. The average molecular weight is 241 g/mol. The summed E-state index contributed by atoms with van der Waals surface area (Å²) in [6.45, 7) is 3.19. The van der Waals surface area contributed by atoms with Crippen LogP contribution in [-0.2, 0) is 9.53 Å². The van der Waals surface area contributed by atoms with E-state index in [4.69, 9.17) is 10.5 Å². The van der Waals surface area contributed by atoms with E-state index < -0.39 is 11.5 Å². The molecule has 17 heavy (non-hydrogen) atoms. The number of halogens is 1. The molecule has 1 aromatic rings. The predicted molar refractivity (Wildman–Crippen MR) is 61.2 cm³/mol. The third-order valence-corrected chi connectivity index (χ3v) is 2.32. The van der Waals surface area contributed by atoms with Crippen molar-refractivity contribution in [3.05, 3.63) is 29.6 Å². The fourth-order valence-corrected chi connectivity index (χ4v) is 1.29. The molecule has 2 N–H and O–H groups in total. The minimum absolute atomic E-state index is 0.0356. The van der Waals surface area contributed by atoms with Gasteiger partial charge in [-0.2, -0.15) is 0 Å². The van der Waals surface area contributed by atoms with Gasteiger partial charge in [0, 0.05) is 0 Å². The normalized spacial score (nSPS) is 13.9. The van der Waals surface area contributed by atoms with Gasteiger partial charge >= 0.3 is 5.97 Å². The van der Waals surface area contributed by atoms with Crippen molar-refractivity contribution in [2.24, 2.45) is 5.73 Å². The Bertz CT molecular complexity index is 418. The Morgan fingerprint density at radius 3 is 2.71 bits per heavy atom. The van der Waals surface area contributed by atoms with E-state index in [2.05, 4.69) is 4.74 Å². The highest BCUT2D eigenvalue weighted by atomic mass is 19.1. The number of esters is 1. The number of hydrogen-bond donors (Lipinski definition) is 1. The molecule has 0 radical (unpaired) electrons. The van der Waals surface area contributed by atoms with Crippen LogP contribution in [-0.4, -0.2) is 25.2 Å². The number of benzene rings is 1. The molecule has 1 rings (SSSR count). The number of ether oxygens (including phenoxy) is 2. The van der Waals surface area contributed by atoms with E-state index in [1.165, 1.54) is 32.2 Å². The van der Waals surface area contributed by atoms with E-state index in [9.17, 15) is 9.18 Å². The maximum atomic E-state index is 12.9. The maximum Gasteiger partial charge on any atom is 0.329 e. The molecule has 1 aromatic carbocycles. The van der Waals surface area contributed by atoms with Gasteiger partial charge in [-0.3, -0.25) is 0 Å². The lowest BCUT2D eigenvalue weighted by Crippen LogP contribution is -2.50. The largest absolute Gasteiger partial charge is 0.491 e. The van der Waals surface area contributed by atoms with Gasteiger partial charge in [-0.05, 0) is 37.6 Å². The zero-order valence-electron chi connectivity index (χ0n) is 10.1. The van der Waals surface area contributed by atoms with Gasteiger partial charge in [0.15, 0.2) is 0 Å². The lowest BCUT2D eigenvalue weighted by atomic mass is 10.1. The number of aryl methyl sites for hydroxylation is 1. The molecule has 0 saturated heterocycles. The van der Waals surface area contributed by atoms with Crippen molar-refractivity contribution in [2.75, 3.05) is 13.7 Å². The average Bonchev–Trinajstić information content (AvgIpc) is 2.26. The van der Waals surface area contributed by atoms with E-state index in [0.717, 1.165) is 0 Å². The molecule has 0 bridgehead atoms. The van der Waals surface area contributed by atoms with Crippen LogP contribution in [0, 0.1) is 12.7 Å². The second kappa shape index (κ2) is 5.14. The highest BCUT2D eigenvalue weighted by Gasteiger charge is 2.30. The van der Waals surface area contributed by atoms with E-state index in [-0.39, 0.29) is 12.4 Å². The summed E-state index contributed by atoms with van der Waals surface area (Å²) in [5, 5.41) is 0. The number of methoxy groups -OCH3 is 1. The molecule has 0 aromatic heterocycles. The first-order valence-electron chi connectivity index (χ1n) is 5.13. The Morgan fingerprint density at radius 2 is 2.18 bits per heavy atom. The Morgan fingerprint density at radius 1 is 1.53 bits per heavy atom. The van der Waals surface area contributed by atoms with Crippen LogP contribution in [0.1, 0.15) is 12.5 Å². The minimum Gasteiger partial charge on any atom is -0.491 e. The molecule has 94 valence electrons. The molecular formula is C12H16FNO3. The van der Waals surface area contributed by atoms with Crippen molar-refractivity contribution in [2.45, 2.75) is 19.4 Å². The summed E-state index contributed by atoms with van der Waals surface area (Å²) in [5.74, 6) is -0.400. The zero-order valence-corrected chi connectivity index (χ0v) is 10.1. The molecule has 4 nitrogen and oxygen atoms in total. The number of hydrogen-bond acceptors (Lipinski definition) is 4. The predicted octanol–water partition coefficient (Wildman–Crippen LogP) is 1.40. The standard InChI is InChI=1S/C12H16FNO3/c1-8-6-9(13)4-5-10(8)17-7-12(2,14)11(15)16-3/h4-6H,7,14H2,1-3H3. The highest BCUT2D eigenvalue weighted by molar-refractivity contribution is 5.80. The second-order valence-corrected chi connectivity index (χ2v) is 4.11. The lowest BCUT2D eigenvalue weighted by Gasteiger charge is -2.22. The Kier molecular flexibility index (Phi) is 4.07. The molecule has 5 heteroatoms. The first-order chi connectivity index (χ1) is 7.86. The van der Waals surface area contributed by atoms with Crippen LogP contribution in [0.25, 0.3) is 0 Å². The third kappa shape index (κ3) is 3.42. The minimum atomic E-state index is -1.23. The van der Waals surface area contributed by atoms with E-state index in [1.807, 2.05) is 0 Å². The summed E-state index contributed by atoms with van der Waals surface area (Å²) < 4.78 is 22.8. The van der Waals surface area contributed by atoms with E-state index >= 15 is 0 Å². The first kappa shape index (κ1) is 13.4. The topological polar surface area (TPSA) is 61.5 Å². The lowest BCUT2D eigenvalue weighted by molar-refractivity contribution is -0.147. The fourth-order valence-electron chi connectivity index (χ4n) is 1.29. The van der Waals surface area contributed by atoms with Crippen molar-refractivity contribution in [1.82, 2.24) is 0 Å². The second-order valence-electron chi connectivity index (χ2n) is 4.11. The monoisotopic (exact) mass is 241 g/mol. The van der Waals surface area contributed by atoms with Crippen LogP contribution in [0.4, 0.5) is 4.39 Å². The van der Waals surface area contributed by atoms with Crippen LogP contribution in [0.3, 0.4) is 0 Å². The van der Waals surface area contributed by atoms with E-state index in [0.29, 0.717) is 11.3 Å². The number of carbonyl (C=O) groups excluding carboxylic acids is 1. The molecule has 1 unspecified atom stereocenters. The quantitative estimate of drug-likeness (QED) is 0.809. The van der Waals surface area contributed by atoms with Gasteiger partial charge in [-0.15, -0.1) is 0 Å². The zero-order chi connectivity index (χ0) is 13.1. The maximum absolute atomic E-state index is 12.9. The van der Waals surface area contributed by atoms with Gasteiger partial charge in [-0.25, -0.2) is 9.18 Å². The van der Waals surface area contributed by atoms with Crippen molar-refractivity contribution < 1.29 is 18.7 Å². The van der Waals surface area contributed by atoms with E-state index in [1.54, 1.807) is 6.92 Å². The van der Waals surface area contributed by atoms with Crippen molar-refractivity contribution >= 4 is 5.97 Å². The van der Waals surface area contributed by atoms with Gasteiger partial charge in [0.2, 0.25) is 0 Å². The molecule has 0 fully saturated rings.